The normalized spacial score (nSPS) is 30.7. The van der Waals surface area contributed by atoms with Gasteiger partial charge < -0.3 is 5.32 Å². The molecule has 3 heteroatoms. The molecule has 2 aliphatic carbocycles. The Bertz CT molecular complexity index is 445. The van der Waals surface area contributed by atoms with Crippen LogP contribution < -0.4 is 5.32 Å². The van der Waals surface area contributed by atoms with Crippen molar-refractivity contribution < 1.29 is 0 Å². The highest BCUT2D eigenvalue weighted by atomic mass is 79.9. The molecular formula is C18H27BrN2. The number of rotatable bonds is 4. The minimum absolute atomic E-state index is 0.585. The lowest BCUT2D eigenvalue weighted by Gasteiger charge is -2.42. The van der Waals surface area contributed by atoms with E-state index in [-0.39, 0.29) is 0 Å². The number of likely N-dealkylation sites (N-methyl/N-ethyl adjacent to an activating group) is 1. The van der Waals surface area contributed by atoms with Gasteiger partial charge in [0.2, 0.25) is 0 Å². The van der Waals surface area contributed by atoms with E-state index in [1.165, 1.54) is 50.6 Å². The molecule has 2 saturated carbocycles. The molecule has 1 aromatic rings. The fraction of sp³-hybridized carbons (Fsp3) is 0.722. The van der Waals surface area contributed by atoms with E-state index in [4.69, 9.17) is 0 Å². The number of nitrogens with one attached hydrogen (secondary N) is 1. The van der Waals surface area contributed by atoms with E-state index < -0.39 is 0 Å². The van der Waals surface area contributed by atoms with Crippen molar-refractivity contribution in [2.75, 3.05) is 7.05 Å². The van der Waals surface area contributed by atoms with Crippen LogP contribution in [0, 0.1) is 17.8 Å². The number of fused-ring (bicyclic) bond motifs is 1. The van der Waals surface area contributed by atoms with Crippen LogP contribution >= 0.6 is 15.9 Å². The van der Waals surface area contributed by atoms with Crippen molar-refractivity contribution in [2.45, 2.75) is 57.4 Å². The van der Waals surface area contributed by atoms with Gasteiger partial charge in [-0.3, -0.25) is 4.98 Å². The van der Waals surface area contributed by atoms with Gasteiger partial charge in [0.15, 0.2) is 0 Å². The lowest BCUT2D eigenvalue weighted by atomic mass is 9.66. The zero-order valence-electron chi connectivity index (χ0n) is 13.0. The Labute approximate surface area is 137 Å². The number of aromatic nitrogens is 1. The zero-order chi connectivity index (χ0) is 14.7. The summed E-state index contributed by atoms with van der Waals surface area (Å²) >= 11 is 3.47. The maximum absolute atomic E-state index is 4.56. The van der Waals surface area contributed by atoms with Gasteiger partial charge in [0.05, 0.1) is 0 Å². The van der Waals surface area contributed by atoms with E-state index in [1.807, 2.05) is 6.20 Å². The van der Waals surface area contributed by atoms with Gasteiger partial charge in [0.1, 0.15) is 0 Å². The summed E-state index contributed by atoms with van der Waals surface area (Å²) in [4.78, 5) is 4.56. The predicted molar refractivity (Wildman–Crippen MR) is 91.3 cm³/mol. The Morgan fingerprint density at radius 3 is 2.71 bits per heavy atom. The van der Waals surface area contributed by atoms with Gasteiger partial charge in [0, 0.05) is 28.8 Å². The predicted octanol–water partition coefficient (Wildman–Crippen LogP) is 4.58. The average Bonchev–Trinajstić information content (AvgIpc) is 2.54. The average molecular weight is 351 g/mol. The van der Waals surface area contributed by atoms with Crippen LogP contribution in [0.1, 0.15) is 50.6 Å². The summed E-state index contributed by atoms with van der Waals surface area (Å²) in [5.74, 6) is 2.88. The lowest BCUT2D eigenvalue weighted by molar-refractivity contribution is 0.111. The van der Waals surface area contributed by atoms with Gasteiger partial charge in [0.25, 0.3) is 0 Å². The monoisotopic (exact) mass is 350 g/mol. The summed E-state index contributed by atoms with van der Waals surface area (Å²) in [6.45, 7) is 0. The SMILES string of the molecule is CNC(Cc1ccc(Br)cn1)C1CCC2CCCCC2C1. The summed E-state index contributed by atoms with van der Waals surface area (Å²) < 4.78 is 1.06. The van der Waals surface area contributed by atoms with Crippen molar-refractivity contribution in [2.24, 2.45) is 17.8 Å². The van der Waals surface area contributed by atoms with E-state index in [1.54, 1.807) is 0 Å². The van der Waals surface area contributed by atoms with Crippen molar-refractivity contribution >= 4 is 15.9 Å². The maximum atomic E-state index is 4.56. The van der Waals surface area contributed by atoms with Crippen molar-refractivity contribution in [1.82, 2.24) is 10.3 Å². The lowest BCUT2D eigenvalue weighted by Crippen LogP contribution is -2.40. The summed E-state index contributed by atoms with van der Waals surface area (Å²) in [6, 6.07) is 4.84. The first kappa shape index (κ1) is 15.5. The van der Waals surface area contributed by atoms with Crippen LogP contribution in [0.25, 0.3) is 0 Å². The van der Waals surface area contributed by atoms with Crippen LogP contribution in [0.4, 0.5) is 0 Å². The summed E-state index contributed by atoms with van der Waals surface area (Å²) in [5, 5.41) is 3.58. The highest BCUT2D eigenvalue weighted by Crippen LogP contribution is 2.43. The van der Waals surface area contributed by atoms with Crippen LogP contribution in [-0.4, -0.2) is 18.1 Å². The standard InChI is InChI=1S/C18H27BrN2/c1-20-18(11-17-9-8-16(19)12-21-17)15-7-6-13-4-2-3-5-14(13)10-15/h8-9,12-15,18,20H,2-7,10-11H2,1H3. The molecule has 0 aliphatic heterocycles. The molecule has 1 aromatic heterocycles. The largest absolute Gasteiger partial charge is 0.316 e. The molecule has 0 spiro atoms. The van der Waals surface area contributed by atoms with E-state index >= 15 is 0 Å². The number of pyridine rings is 1. The van der Waals surface area contributed by atoms with Crippen LogP contribution in [-0.2, 0) is 6.42 Å². The molecule has 4 unspecified atom stereocenters. The molecule has 1 heterocycles. The van der Waals surface area contributed by atoms with E-state index in [2.05, 4.69) is 45.4 Å². The Hall–Kier alpha value is -0.410. The van der Waals surface area contributed by atoms with Crippen LogP contribution in [0.15, 0.2) is 22.8 Å². The quantitative estimate of drug-likeness (QED) is 0.859. The molecule has 0 radical (unpaired) electrons. The van der Waals surface area contributed by atoms with Crippen LogP contribution in [0.5, 0.6) is 0 Å². The Kier molecular flexibility index (Phi) is 5.33. The molecule has 0 bridgehead atoms. The van der Waals surface area contributed by atoms with Crippen molar-refractivity contribution in [3.05, 3.63) is 28.5 Å². The number of halogens is 1. The zero-order valence-corrected chi connectivity index (χ0v) is 14.6. The number of hydrogen-bond acceptors (Lipinski definition) is 2. The van der Waals surface area contributed by atoms with Gasteiger partial charge in [-0.05, 0) is 72.1 Å². The molecule has 4 atom stereocenters. The molecule has 0 amide bonds. The molecule has 2 nitrogen and oxygen atoms in total. The minimum Gasteiger partial charge on any atom is -0.316 e. The van der Waals surface area contributed by atoms with Gasteiger partial charge in [-0.15, -0.1) is 0 Å². The molecule has 21 heavy (non-hydrogen) atoms. The third-order valence-electron chi connectivity index (χ3n) is 5.74. The summed E-state index contributed by atoms with van der Waals surface area (Å²) in [7, 11) is 2.12. The first-order valence-corrected chi connectivity index (χ1v) is 9.33. The van der Waals surface area contributed by atoms with Gasteiger partial charge in [-0.1, -0.05) is 25.7 Å². The highest BCUT2D eigenvalue weighted by molar-refractivity contribution is 9.10. The fourth-order valence-corrected chi connectivity index (χ4v) is 4.77. The molecule has 0 aromatic carbocycles. The Morgan fingerprint density at radius 1 is 1.19 bits per heavy atom. The van der Waals surface area contributed by atoms with Crippen LogP contribution in [0.3, 0.4) is 0 Å². The van der Waals surface area contributed by atoms with Gasteiger partial charge >= 0.3 is 0 Å². The topological polar surface area (TPSA) is 24.9 Å². The summed E-state index contributed by atoms with van der Waals surface area (Å²) in [5.41, 5.74) is 1.21. The molecule has 0 saturated heterocycles. The second kappa shape index (κ2) is 7.23. The van der Waals surface area contributed by atoms with E-state index in [0.717, 1.165) is 28.6 Å². The molecule has 3 rings (SSSR count). The number of hydrogen-bond donors (Lipinski definition) is 1. The second-order valence-corrected chi connectivity index (χ2v) is 7.86. The molecule has 2 fully saturated rings. The highest BCUT2D eigenvalue weighted by Gasteiger charge is 2.35. The Morgan fingerprint density at radius 2 is 2.00 bits per heavy atom. The first-order chi connectivity index (χ1) is 10.3. The summed E-state index contributed by atoms with van der Waals surface area (Å²) in [6.07, 6.45) is 13.2. The fourth-order valence-electron chi connectivity index (χ4n) is 4.53. The van der Waals surface area contributed by atoms with Gasteiger partial charge in [-0.2, -0.15) is 0 Å². The van der Waals surface area contributed by atoms with E-state index in [0.29, 0.717) is 6.04 Å². The number of nitrogens with zero attached hydrogens (tertiary/aromatic N) is 1. The third kappa shape index (κ3) is 3.87. The van der Waals surface area contributed by atoms with Crippen molar-refractivity contribution in [3.63, 3.8) is 0 Å². The molecule has 116 valence electrons. The Balaban J connectivity index is 1.61. The maximum Gasteiger partial charge on any atom is 0.0420 e. The van der Waals surface area contributed by atoms with Crippen molar-refractivity contribution in [3.8, 4) is 0 Å². The minimum atomic E-state index is 0.585. The molecule has 2 aliphatic rings. The molecule has 1 N–H and O–H groups in total. The van der Waals surface area contributed by atoms with Gasteiger partial charge in [-0.25, -0.2) is 0 Å². The third-order valence-corrected chi connectivity index (χ3v) is 6.21. The molecular weight excluding hydrogens is 324 g/mol. The van der Waals surface area contributed by atoms with Crippen LogP contribution in [0.2, 0.25) is 0 Å². The van der Waals surface area contributed by atoms with E-state index in [9.17, 15) is 0 Å². The second-order valence-electron chi connectivity index (χ2n) is 6.94. The first-order valence-electron chi connectivity index (χ1n) is 8.54. The smallest absolute Gasteiger partial charge is 0.0420 e. The van der Waals surface area contributed by atoms with Crippen molar-refractivity contribution in [1.29, 1.82) is 0 Å².